The molecule has 0 spiro atoms. The minimum absolute atomic E-state index is 0.160. The van der Waals surface area contributed by atoms with Crippen LogP contribution in [0.5, 0.6) is 0 Å². The van der Waals surface area contributed by atoms with Crippen LogP contribution in [0.15, 0.2) is 22.9 Å². The highest BCUT2D eigenvalue weighted by atomic mass is 35.5. The Kier molecular flexibility index (Phi) is 5.18. The third-order valence-electron chi connectivity index (χ3n) is 4.65. The summed E-state index contributed by atoms with van der Waals surface area (Å²) in [6, 6.07) is 3.18. The fourth-order valence-electron chi connectivity index (χ4n) is 3.24. The number of aromatic amines is 1. The molecule has 1 amide bonds. The van der Waals surface area contributed by atoms with Crippen molar-refractivity contribution < 1.29 is 18.1 Å². The van der Waals surface area contributed by atoms with Gasteiger partial charge in [0.05, 0.1) is 29.1 Å². The first-order valence-electron chi connectivity index (χ1n) is 8.91. The third-order valence-corrected chi connectivity index (χ3v) is 4.94. The van der Waals surface area contributed by atoms with Crippen LogP contribution in [0.2, 0.25) is 5.02 Å². The number of alkyl halides is 2. The van der Waals surface area contributed by atoms with E-state index in [1.807, 2.05) is 17.9 Å². The fourth-order valence-corrected chi connectivity index (χ4v) is 3.42. The first-order valence-corrected chi connectivity index (χ1v) is 9.29. The molecule has 0 fully saturated rings. The van der Waals surface area contributed by atoms with E-state index in [0.29, 0.717) is 18.1 Å². The van der Waals surface area contributed by atoms with Gasteiger partial charge in [0.2, 0.25) is 0 Å². The van der Waals surface area contributed by atoms with Crippen LogP contribution in [0.4, 0.5) is 20.3 Å². The lowest BCUT2D eigenvalue weighted by Gasteiger charge is -2.30. The molecule has 0 saturated carbocycles. The van der Waals surface area contributed by atoms with Crippen LogP contribution in [-0.4, -0.2) is 32.8 Å². The Balaban J connectivity index is 1.56. The van der Waals surface area contributed by atoms with E-state index < -0.39 is 12.3 Å². The molecule has 1 aliphatic heterocycles. The van der Waals surface area contributed by atoms with Crippen LogP contribution >= 0.6 is 11.6 Å². The van der Waals surface area contributed by atoms with Gasteiger partial charge in [-0.05, 0) is 31.4 Å². The van der Waals surface area contributed by atoms with E-state index in [2.05, 4.69) is 25.7 Å². The summed E-state index contributed by atoms with van der Waals surface area (Å²) >= 11 is 5.93. The lowest BCUT2D eigenvalue weighted by atomic mass is 10.1. The summed E-state index contributed by atoms with van der Waals surface area (Å²) in [5.41, 5.74) is 2.22. The SMILES string of the molecule is Cc1cc2c(nc1NC(=O)c1[nH]ncc1Cl)CCCN2Cc1cc(C(F)F)no1. The summed E-state index contributed by atoms with van der Waals surface area (Å²) in [4.78, 5) is 19.0. The van der Waals surface area contributed by atoms with E-state index in [-0.39, 0.29) is 16.4 Å². The Bertz CT molecular complexity index is 1050. The summed E-state index contributed by atoms with van der Waals surface area (Å²) in [5.74, 6) is 0.356. The molecule has 0 aliphatic carbocycles. The number of fused-ring (bicyclic) bond motifs is 1. The first-order chi connectivity index (χ1) is 13.9. The number of aromatic nitrogens is 4. The number of hydrogen-bond donors (Lipinski definition) is 2. The number of rotatable bonds is 5. The molecule has 4 heterocycles. The number of pyridine rings is 1. The van der Waals surface area contributed by atoms with Crippen molar-refractivity contribution in [2.45, 2.75) is 32.7 Å². The average Bonchev–Trinajstić information content (AvgIpc) is 3.32. The first kappa shape index (κ1) is 19.3. The zero-order valence-corrected chi connectivity index (χ0v) is 16.1. The number of nitrogens with one attached hydrogen (secondary N) is 2. The second-order valence-corrected chi connectivity index (χ2v) is 7.12. The number of carbonyl (C=O) groups excluding carboxylic acids is 1. The van der Waals surface area contributed by atoms with Gasteiger partial charge in [0, 0.05) is 12.6 Å². The van der Waals surface area contributed by atoms with Gasteiger partial charge in [0.1, 0.15) is 17.2 Å². The molecule has 3 aromatic heterocycles. The van der Waals surface area contributed by atoms with Crippen molar-refractivity contribution in [3.63, 3.8) is 0 Å². The van der Waals surface area contributed by atoms with Gasteiger partial charge in [-0.2, -0.15) is 5.10 Å². The number of halogens is 3. The lowest BCUT2D eigenvalue weighted by Crippen LogP contribution is -2.30. The average molecular weight is 423 g/mol. The number of hydrogen-bond acceptors (Lipinski definition) is 6. The summed E-state index contributed by atoms with van der Waals surface area (Å²) in [6.07, 6.45) is 0.251. The normalized spacial score (nSPS) is 13.6. The van der Waals surface area contributed by atoms with Gasteiger partial charge in [-0.3, -0.25) is 9.89 Å². The minimum atomic E-state index is -2.67. The Hall–Kier alpha value is -3.01. The zero-order chi connectivity index (χ0) is 20.5. The molecule has 11 heteroatoms. The molecule has 8 nitrogen and oxygen atoms in total. The number of aryl methyl sites for hydroxylation is 2. The molecular formula is C18H17ClF2N6O2. The Labute approximate surface area is 169 Å². The molecule has 29 heavy (non-hydrogen) atoms. The van der Waals surface area contributed by atoms with E-state index >= 15 is 0 Å². The predicted octanol–water partition coefficient (Wildman–Crippen LogP) is 3.90. The number of amides is 1. The van der Waals surface area contributed by atoms with Crippen molar-refractivity contribution in [1.29, 1.82) is 0 Å². The summed E-state index contributed by atoms with van der Waals surface area (Å²) in [6.45, 7) is 2.87. The van der Waals surface area contributed by atoms with Gasteiger partial charge in [0.25, 0.3) is 12.3 Å². The summed E-state index contributed by atoms with van der Waals surface area (Å²) in [7, 11) is 0. The minimum Gasteiger partial charge on any atom is -0.362 e. The van der Waals surface area contributed by atoms with Crippen LogP contribution < -0.4 is 10.2 Å². The summed E-state index contributed by atoms with van der Waals surface area (Å²) < 4.78 is 30.5. The maximum Gasteiger partial charge on any atom is 0.283 e. The third kappa shape index (κ3) is 3.93. The molecule has 0 atom stereocenters. The molecular weight excluding hydrogens is 406 g/mol. The van der Waals surface area contributed by atoms with E-state index in [0.717, 1.165) is 36.3 Å². The number of nitrogens with zero attached hydrogens (tertiary/aromatic N) is 4. The highest BCUT2D eigenvalue weighted by molar-refractivity contribution is 6.34. The Morgan fingerprint density at radius 3 is 2.97 bits per heavy atom. The number of anilines is 2. The van der Waals surface area contributed by atoms with Gasteiger partial charge in [-0.15, -0.1) is 0 Å². The topological polar surface area (TPSA) is 99.9 Å². The van der Waals surface area contributed by atoms with Gasteiger partial charge < -0.3 is 14.7 Å². The molecule has 1 aliphatic rings. The molecule has 0 unspecified atom stereocenters. The maximum atomic E-state index is 12.7. The molecule has 2 N–H and O–H groups in total. The molecule has 0 aromatic carbocycles. The quantitative estimate of drug-likeness (QED) is 0.647. The van der Waals surface area contributed by atoms with E-state index in [1.165, 1.54) is 12.3 Å². The fraction of sp³-hybridized carbons (Fsp3) is 0.333. The Morgan fingerprint density at radius 1 is 1.45 bits per heavy atom. The molecule has 0 radical (unpaired) electrons. The highest BCUT2D eigenvalue weighted by Gasteiger charge is 2.23. The largest absolute Gasteiger partial charge is 0.362 e. The van der Waals surface area contributed by atoms with Crippen molar-refractivity contribution in [2.24, 2.45) is 0 Å². The van der Waals surface area contributed by atoms with Crippen molar-refractivity contribution in [3.05, 3.63) is 51.8 Å². The van der Waals surface area contributed by atoms with Crippen molar-refractivity contribution >= 4 is 29.0 Å². The molecule has 4 rings (SSSR count). The van der Waals surface area contributed by atoms with Crippen LogP contribution in [0.1, 0.15) is 46.0 Å². The van der Waals surface area contributed by atoms with E-state index in [9.17, 15) is 13.6 Å². The van der Waals surface area contributed by atoms with E-state index in [4.69, 9.17) is 16.1 Å². The van der Waals surface area contributed by atoms with Gasteiger partial charge in [-0.25, -0.2) is 13.8 Å². The van der Waals surface area contributed by atoms with Gasteiger partial charge in [-0.1, -0.05) is 16.8 Å². The lowest BCUT2D eigenvalue weighted by molar-refractivity contribution is 0.102. The van der Waals surface area contributed by atoms with Crippen LogP contribution in [0.3, 0.4) is 0 Å². The monoisotopic (exact) mass is 422 g/mol. The van der Waals surface area contributed by atoms with Crippen LogP contribution in [-0.2, 0) is 13.0 Å². The van der Waals surface area contributed by atoms with Crippen LogP contribution in [0, 0.1) is 6.92 Å². The van der Waals surface area contributed by atoms with Crippen LogP contribution in [0.25, 0.3) is 0 Å². The Morgan fingerprint density at radius 2 is 2.28 bits per heavy atom. The molecule has 0 saturated heterocycles. The van der Waals surface area contributed by atoms with Crippen molar-refractivity contribution in [3.8, 4) is 0 Å². The van der Waals surface area contributed by atoms with Crippen molar-refractivity contribution in [1.82, 2.24) is 20.3 Å². The second kappa shape index (κ2) is 7.78. The summed E-state index contributed by atoms with van der Waals surface area (Å²) in [5, 5.41) is 12.7. The standard InChI is InChI=1S/C18H17ClF2N6O2/c1-9-5-14-12(23-17(9)24-18(28)15-11(19)7-22-25-15)3-2-4-27(14)8-10-6-13(16(20)21)26-29-10/h5-7,16H,2-4,8H2,1H3,(H,22,25)(H,23,24,28). The van der Waals surface area contributed by atoms with Gasteiger partial charge in [0.15, 0.2) is 5.76 Å². The van der Waals surface area contributed by atoms with E-state index in [1.54, 1.807) is 0 Å². The highest BCUT2D eigenvalue weighted by Crippen LogP contribution is 2.31. The molecule has 152 valence electrons. The predicted molar refractivity (Wildman–Crippen MR) is 101 cm³/mol. The zero-order valence-electron chi connectivity index (χ0n) is 15.4. The number of carbonyl (C=O) groups is 1. The molecule has 0 bridgehead atoms. The van der Waals surface area contributed by atoms with Gasteiger partial charge >= 0.3 is 0 Å². The van der Waals surface area contributed by atoms with Crippen molar-refractivity contribution in [2.75, 3.05) is 16.8 Å². The number of H-pyrrole nitrogens is 1. The molecule has 3 aromatic rings. The second-order valence-electron chi connectivity index (χ2n) is 6.71. The smallest absolute Gasteiger partial charge is 0.283 e. The maximum absolute atomic E-state index is 12.7.